The standard InChI is InChI=1S/C14H16F3N7/c1-9(8-23-5-3-4-19-23)7-18-11-6-10(2)20-13-21-12(14(15,16)17)22-24(11)13/h3-6,9,18H,7-8H2,1-2H3. The van der Waals surface area contributed by atoms with Crippen molar-refractivity contribution in [2.75, 3.05) is 11.9 Å². The van der Waals surface area contributed by atoms with Crippen LogP contribution >= 0.6 is 0 Å². The molecule has 3 rings (SSSR count). The summed E-state index contributed by atoms with van der Waals surface area (Å²) in [5.41, 5.74) is 0.561. The molecule has 0 aromatic carbocycles. The van der Waals surface area contributed by atoms with Crippen LogP contribution in [0.4, 0.5) is 19.0 Å². The Morgan fingerprint density at radius 3 is 2.75 bits per heavy atom. The number of anilines is 1. The van der Waals surface area contributed by atoms with Crippen LogP contribution in [0.1, 0.15) is 18.4 Å². The predicted molar refractivity (Wildman–Crippen MR) is 80.4 cm³/mol. The van der Waals surface area contributed by atoms with Crippen molar-refractivity contribution in [1.82, 2.24) is 29.4 Å². The Balaban J connectivity index is 1.79. The molecule has 0 radical (unpaired) electrons. The van der Waals surface area contributed by atoms with Crippen molar-refractivity contribution in [2.24, 2.45) is 5.92 Å². The van der Waals surface area contributed by atoms with Crippen LogP contribution in [-0.2, 0) is 12.7 Å². The number of halogens is 3. The number of rotatable bonds is 5. The Labute approximate surface area is 135 Å². The van der Waals surface area contributed by atoms with E-state index < -0.39 is 12.0 Å². The van der Waals surface area contributed by atoms with Crippen LogP contribution in [-0.4, -0.2) is 35.9 Å². The first-order valence-corrected chi connectivity index (χ1v) is 7.36. The molecule has 128 valence electrons. The maximum Gasteiger partial charge on any atom is 0.453 e. The maximum atomic E-state index is 12.8. The first-order valence-electron chi connectivity index (χ1n) is 7.36. The third-order valence-electron chi connectivity index (χ3n) is 3.38. The van der Waals surface area contributed by atoms with Crippen molar-refractivity contribution in [2.45, 2.75) is 26.6 Å². The molecular weight excluding hydrogens is 323 g/mol. The highest BCUT2D eigenvalue weighted by Crippen LogP contribution is 2.27. The summed E-state index contributed by atoms with van der Waals surface area (Å²) in [7, 11) is 0. The van der Waals surface area contributed by atoms with Gasteiger partial charge in [0.25, 0.3) is 11.6 Å². The summed E-state index contributed by atoms with van der Waals surface area (Å²) in [4.78, 5) is 7.45. The maximum absolute atomic E-state index is 12.8. The normalized spacial score (nSPS) is 13.4. The zero-order valence-corrected chi connectivity index (χ0v) is 13.1. The van der Waals surface area contributed by atoms with Crippen molar-refractivity contribution in [1.29, 1.82) is 0 Å². The molecule has 0 saturated carbocycles. The minimum Gasteiger partial charge on any atom is -0.370 e. The molecule has 0 bridgehead atoms. The second-order valence-electron chi connectivity index (χ2n) is 5.64. The van der Waals surface area contributed by atoms with E-state index in [1.807, 2.05) is 19.2 Å². The monoisotopic (exact) mass is 339 g/mol. The number of nitrogens with one attached hydrogen (secondary N) is 1. The van der Waals surface area contributed by atoms with Crippen LogP contribution in [0.2, 0.25) is 0 Å². The molecule has 0 saturated heterocycles. The number of aryl methyl sites for hydroxylation is 1. The van der Waals surface area contributed by atoms with Gasteiger partial charge < -0.3 is 5.32 Å². The van der Waals surface area contributed by atoms with Gasteiger partial charge in [-0.15, -0.1) is 5.10 Å². The number of aromatic nitrogens is 6. The average molecular weight is 339 g/mol. The van der Waals surface area contributed by atoms with E-state index in [1.54, 1.807) is 23.9 Å². The number of hydrogen-bond donors (Lipinski definition) is 1. The second-order valence-corrected chi connectivity index (χ2v) is 5.64. The molecule has 0 aliphatic rings. The first-order chi connectivity index (χ1) is 11.3. The summed E-state index contributed by atoms with van der Waals surface area (Å²) < 4.78 is 41.2. The molecule has 7 nitrogen and oxygen atoms in total. The molecule has 3 aromatic heterocycles. The van der Waals surface area contributed by atoms with Gasteiger partial charge in [-0.25, -0.2) is 4.98 Å². The van der Waals surface area contributed by atoms with Crippen LogP contribution in [0.25, 0.3) is 5.78 Å². The molecule has 3 aromatic rings. The number of alkyl halides is 3. The van der Waals surface area contributed by atoms with Gasteiger partial charge in [0.05, 0.1) is 0 Å². The van der Waals surface area contributed by atoms with Gasteiger partial charge in [-0.1, -0.05) is 6.92 Å². The first kappa shape index (κ1) is 16.2. The van der Waals surface area contributed by atoms with Gasteiger partial charge in [-0.2, -0.15) is 27.8 Å². The predicted octanol–water partition coefficient (Wildman–Crippen LogP) is 2.40. The minimum absolute atomic E-state index is 0.0791. The fourth-order valence-electron chi connectivity index (χ4n) is 2.30. The summed E-state index contributed by atoms with van der Waals surface area (Å²) in [5.74, 6) is -0.648. The fraction of sp³-hybridized carbons (Fsp3) is 0.429. The molecule has 0 amide bonds. The van der Waals surface area contributed by atoms with Crippen LogP contribution < -0.4 is 5.32 Å². The lowest BCUT2D eigenvalue weighted by Crippen LogP contribution is -2.19. The number of fused-ring (bicyclic) bond motifs is 1. The van der Waals surface area contributed by atoms with Gasteiger partial charge in [-0.3, -0.25) is 4.68 Å². The van der Waals surface area contributed by atoms with Crippen LogP contribution in [0.5, 0.6) is 0 Å². The van der Waals surface area contributed by atoms with E-state index in [4.69, 9.17) is 0 Å². The number of hydrogen-bond acceptors (Lipinski definition) is 5. The summed E-state index contributed by atoms with van der Waals surface area (Å²) in [6.45, 7) is 4.95. The molecule has 1 atom stereocenters. The summed E-state index contributed by atoms with van der Waals surface area (Å²) in [5, 5.41) is 10.8. The SMILES string of the molecule is Cc1cc(NCC(C)Cn2cccn2)n2nc(C(F)(F)F)nc2n1. The average Bonchev–Trinajstić information content (AvgIpc) is 3.13. The van der Waals surface area contributed by atoms with E-state index in [-0.39, 0.29) is 11.7 Å². The lowest BCUT2D eigenvalue weighted by molar-refractivity contribution is -0.144. The van der Waals surface area contributed by atoms with E-state index in [0.717, 1.165) is 4.52 Å². The highest BCUT2D eigenvalue weighted by Gasteiger charge is 2.36. The third kappa shape index (κ3) is 3.47. The highest BCUT2D eigenvalue weighted by molar-refractivity contribution is 5.45. The fourth-order valence-corrected chi connectivity index (χ4v) is 2.30. The van der Waals surface area contributed by atoms with Crippen molar-refractivity contribution < 1.29 is 13.2 Å². The molecule has 0 aliphatic carbocycles. The van der Waals surface area contributed by atoms with Crippen LogP contribution in [0.15, 0.2) is 24.5 Å². The Morgan fingerprint density at radius 2 is 2.08 bits per heavy atom. The van der Waals surface area contributed by atoms with Gasteiger partial charge in [-0.05, 0) is 18.9 Å². The van der Waals surface area contributed by atoms with Crippen molar-refractivity contribution >= 4 is 11.6 Å². The molecule has 0 aliphatic heterocycles. The molecular formula is C14H16F3N7. The van der Waals surface area contributed by atoms with E-state index in [2.05, 4.69) is 25.5 Å². The Bertz CT molecular complexity index is 823. The molecule has 0 fully saturated rings. The molecule has 3 heterocycles. The van der Waals surface area contributed by atoms with Crippen LogP contribution in [0, 0.1) is 12.8 Å². The second kappa shape index (κ2) is 6.10. The van der Waals surface area contributed by atoms with Gasteiger partial charge >= 0.3 is 6.18 Å². The summed E-state index contributed by atoms with van der Waals surface area (Å²) >= 11 is 0. The highest BCUT2D eigenvalue weighted by atomic mass is 19.4. The van der Waals surface area contributed by atoms with Gasteiger partial charge in [0, 0.05) is 37.2 Å². The lowest BCUT2D eigenvalue weighted by atomic mass is 10.2. The molecule has 10 heteroatoms. The Kier molecular flexibility index (Phi) is 4.12. The quantitative estimate of drug-likeness (QED) is 0.773. The number of nitrogens with zero attached hydrogens (tertiary/aromatic N) is 6. The molecule has 24 heavy (non-hydrogen) atoms. The zero-order valence-electron chi connectivity index (χ0n) is 13.1. The van der Waals surface area contributed by atoms with Crippen molar-refractivity contribution in [3.63, 3.8) is 0 Å². The van der Waals surface area contributed by atoms with Crippen LogP contribution in [0.3, 0.4) is 0 Å². The zero-order chi connectivity index (χ0) is 17.3. The van der Waals surface area contributed by atoms with E-state index >= 15 is 0 Å². The molecule has 0 spiro atoms. The van der Waals surface area contributed by atoms with Crippen molar-refractivity contribution in [3.05, 3.63) is 36.0 Å². The van der Waals surface area contributed by atoms with E-state index in [1.165, 1.54) is 0 Å². The molecule has 1 N–H and O–H groups in total. The van der Waals surface area contributed by atoms with E-state index in [0.29, 0.717) is 24.6 Å². The molecule has 1 unspecified atom stereocenters. The smallest absolute Gasteiger partial charge is 0.370 e. The Hall–Kier alpha value is -2.65. The largest absolute Gasteiger partial charge is 0.453 e. The summed E-state index contributed by atoms with van der Waals surface area (Å²) in [6.07, 6.45) is -1.05. The van der Waals surface area contributed by atoms with Gasteiger partial charge in [0.2, 0.25) is 0 Å². The topological polar surface area (TPSA) is 72.9 Å². The summed E-state index contributed by atoms with van der Waals surface area (Å²) in [6, 6.07) is 3.48. The third-order valence-corrected chi connectivity index (χ3v) is 3.38. The Morgan fingerprint density at radius 1 is 1.29 bits per heavy atom. The lowest BCUT2D eigenvalue weighted by Gasteiger charge is -2.14. The van der Waals surface area contributed by atoms with Gasteiger partial charge in [0.15, 0.2) is 0 Å². The van der Waals surface area contributed by atoms with E-state index in [9.17, 15) is 13.2 Å². The van der Waals surface area contributed by atoms with Crippen molar-refractivity contribution in [3.8, 4) is 0 Å². The van der Waals surface area contributed by atoms with Gasteiger partial charge in [0.1, 0.15) is 5.82 Å². The minimum atomic E-state index is -4.60.